The molecule has 0 atom stereocenters. The number of hydrogen-bond donors (Lipinski definition) is 0. The molecule has 28 heavy (non-hydrogen) atoms. The number of carbonyl (C=O) groups excluding carboxylic acids is 1. The highest BCUT2D eigenvalue weighted by Crippen LogP contribution is 2.40. The zero-order chi connectivity index (χ0) is 20.5. The topological polar surface area (TPSA) is 35.5 Å². The van der Waals surface area contributed by atoms with E-state index in [2.05, 4.69) is 0 Å². The first-order chi connectivity index (χ1) is 13.1. The van der Waals surface area contributed by atoms with E-state index in [0.717, 1.165) is 12.1 Å². The molecule has 0 radical (unpaired) electrons. The zero-order valence-electron chi connectivity index (χ0n) is 15.6. The van der Waals surface area contributed by atoms with Gasteiger partial charge in [0.1, 0.15) is 17.1 Å². The van der Waals surface area contributed by atoms with Crippen molar-refractivity contribution in [2.75, 3.05) is 7.11 Å². The monoisotopic (exact) mass is 388 g/mol. The number of rotatable bonds is 4. The van der Waals surface area contributed by atoms with Gasteiger partial charge in [0.25, 0.3) is 0 Å². The number of methoxy groups -OCH3 is 1. The van der Waals surface area contributed by atoms with Gasteiger partial charge >= 0.3 is 6.18 Å². The first-order valence-electron chi connectivity index (χ1n) is 8.60. The number of benzene rings is 2. The Kier molecular flexibility index (Phi) is 5.06. The smallest absolute Gasteiger partial charge is 0.416 e. The molecule has 0 saturated heterocycles. The van der Waals surface area contributed by atoms with Crippen LogP contribution < -0.4 is 9.47 Å². The number of hydrogen-bond acceptors (Lipinski definition) is 3. The summed E-state index contributed by atoms with van der Waals surface area (Å²) in [7, 11) is 1.53. The van der Waals surface area contributed by atoms with Gasteiger partial charge in [-0.1, -0.05) is 18.2 Å². The van der Waals surface area contributed by atoms with Crippen molar-refractivity contribution in [3.05, 3.63) is 70.8 Å². The normalized spacial score (nSPS) is 15.2. The quantitative estimate of drug-likeness (QED) is 0.491. The summed E-state index contributed by atoms with van der Waals surface area (Å²) in [6, 6.07) is 8.04. The minimum absolute atomic E-state index is 0.284. The van der Waals surface area contributed by atoms with Gasteiger partial charge in [0.15, 0.2) is 5.78 Å². The highest BCUT2D eigenvalue weighted by molar-refractivity contribution is 6.09. The third-order valence-corrected chi connectivity index (χ3v) is 4.30. The molecule has 1 aliphatic rings. The first-order valence-corrected chi connectivity index (χ1v) is 8.60. The van der Waals surface area contributed by atoms with Crippen LogP contribution in [0.25, 0.3) is 12.2 Å². The number of alkyl halides is 3. The lowest BCUT2D eigenvalue weighted by Crippen LogP contribution is -2.28. The lowest BCUT2D eigenvalue weighted by Gasteiger charge is -2.29. The molecule has 6 heteroatoms. The average Bonchev–Trinajstić information content (AvgIpc) is 2.64. The van der Waals surface area contributed by atoms with Gasteiger partial charge in [-0.3, -0.25) is 4.79 Å². The van der Waals surface area contributed by atoms with Crippen molar-refractivity contribution in [2.45, 2.75) is 25.6 Å². The van der Waals surface area contributed by atoms with Crippen molar-refractivity contribution in [3.8, 4) is 11.5 Å². The maximum absolute atomic E-state index is 12.8. The van der Waals surface area contributed by atoms with Gasteiger partial charge in [0.05, 0.1) is 23.8 Å². The molecule has 0 unspecified atom stereocenters. The van der Waals surface area contributed by atoms with Gasteiger partial charge < -0.3 is 9.47 Å². The Hall–Kier alpha value is -3.02. The summed E-state index contributed by atoms with van der Waals surface area (Å²) in [5.74, 6) is 0.591. The molecule has 0 fully saturated rings. The molecule has 2 aromatic rings. The minimum atomic E-state index is -4.44. The molecule has 146 valence electrons. The summed E-state index contributed by atoms with van der Waals surface area (Å²) >= 11 is 0. The zero-order valence-corrected chi connectivity index (χ0v) is 15.6. The number of allylic oxidation sites excluding steroid dienone is 1. The van der Waals surface area contributed by atoms with Gasteiger partial charge in [0.2, 0.25) is 0 Å². The lowest BCUT2D eigenvalue weighted by molar-refractivity contribution is -0.137. The van der Waals surface area contributed by atoms with Crippen LogP contribution in [0.4, 0.5) is 13.2 Å². The summed E-state index contributed by atoms with van der Waals surface area (Å²) in [5.41, 5.74) is -0.110. The van der Waals surface area contributed by atoms with Crippen LogP contribution in [0.15, 0.2) is 48.6 Å². The van der Waals surface area contributed by atoms with E-state index in [4.69, 9.17) is 9.47 Å². The fourth-order valence-corrected chi connectivity index (χ4v) is 2.88. The summed E-state index contributed by atoms with van der Waals surface area (Å²) in [4.78, 5) is 12.7. The summed E-state index contributed by atoms with van der Waals surface area (Å²) < 4.78 is 49.8. The van der Waals surface area contributed by atoms with E-state index >= 15 is 0 Å². The molecule has 0 aliphatic carbocycles. The minimum Gasteiger partial charge on any atom is -0.496 e. The third kappa shape index (κ3) is 4.11. The highest BCUT2D eigenvalue weighted by atomic mass is 19.4. The standard InChI is InChI=1S/C22H19F3O3/c1-21(2)12-11-17-19(27-3)10-8-16(20(17)28-21)18(26)9-7-14-5-4-6-15(13-14)22(23,24)25/h4-13H,1-3H3/b9-7+. The number of carbonyl (C=O) groups is 1. The molecule has 3 nitrogen and oxygen atoms in total. The van der Waals surface area contributed by atoms with Crippen LogP contribution in [0, 0.1) is 0 Å². The molecule has 0 N–H and O–H groups in total. The van der Waals surface area contributed by atoms with Crippen molar-refractivity contribution in [2.24, 2.45) is 0 Å². The van der Waals surface area contributed by atoms with Crippen molar-refractivity contribution in [3.63, 3.8) is 0 Å². The van der Waals surface area contributed by atoms with Crippen LogP contribution in [0.1, 0.15) is 40.9 Å². The molecule has 0 amide bonds. The molecule has 2 aromatic carbocycles. The van der Waals surface area contributed by atoms with Crippen LogP contribution in [0.5, 0.6) is 11.5 Å². The second-order valence-corrected chi connectivity index (χ2v) is 6.92. The van der Waals surface area contributed by atoms with Crippen molar-refractivity contribution >= 4 is 17.9 Å². The third-order valence-electron chi connectivity index (χ3n) is 4.30. The van der Waals surface area contributed by atoms with Gasteiger partial charge in [-0.25, -0.2) is 0 Å². The van der Waals surface area contributed by atoms with Gasteiger partial charge in [-0.15, -0.1) is 0 Å². The van der Waals surface area contributed by atoms with Crippen molar-refractivity contribution in [1.29, 1.82) is 0 Å². The van der Waals surface area contributed by atoms with E-state index in [1.165, 1.54) is 31.4 Å². The van der Waals surface area contributed by atoms with Crippen LogP contribution in [0.2, 0.25) is 0 Å². The maximum Gasteiger partial charge on any atom is 0.416 e. The fourth-order valence-electron chi connectivity index (χ4n) is 2.88. The average molecular weight is 388 g/mol. The Balaban J connectivity index is 1.94. The van der Waals surface area contributed by atoms with E-state index in [9.17, 15) is 18.0 Å². The van der Waals surface area contributed by atoms with Gasteiger partial charge in [-0.05, 0) is 61.9 Å². The van der Waals surface area contributed by atoms with Crippen molar-refractivity contribution in [1.82, 2.24) is 0 Å². The second kappa shape index (κ2) is 7.19. The molecule has 1 aliphatic heterocycles. The predicted octanol–water partition coefficient (Wildman–Crippen LogP) is 5.79. The number of halogens is 3. The van der Waals surface area contributed by atoms with E-state index in [0.29, 0.717) is 22.6 Å². The second-order valence-electron chi connectivity index (χ2n) is 6.92. The molecule has 1 heterocycles. The maximum atomic E-state index is 12.8. The molecule has 0 aromatic heterocycles. The fraction of sp³-hybridized carbons (Fsp3) is 0.227. The first kappa shape index (κ1) is 19.7. The summed E-state index contributed by atoms with van der Waals surface area (Å²) in [5, 5.41) is 0. The summed E-state index contributed by atoms with van der Waals surface area (Å²) in [6.07, 6.45) is 1.87. The highest BCUT2D eigenvalue weighted by Gasteiger charge is 2.30. The molecule has 3 rings (SSSR count). The number of ketones is 1. The van der Waals surface area contributed by atoms with E-state index in [1.807, 2.05) is 26.0 Å². The molecule has 0 saturated carbocycles. The summed E-state index contributed by atoms with van der Waals surface area (Å²) in [6.45, 7) is 3.72. The number of ether oxygens (including phenoxy) is 2. The largest absolute Gasteiger partial charge is 0.496 e. The Morgan fingerprint density at radius 3 is 2.61 bits per heavy atom. The number of fused-ring (bicyclic) bond motifs is 1. The van der Waals surface area contributed by atoms with Crippen LogP contribution in [-0.4, -0.2) is 18.5 Å². The Morgan fingerprint density at radius 1 is 1.18 bits per heavy atom. The molecule has 0 spiro atoms. The SMILES string of the molecule is COc1ccc(C(=O)/C=C/c2cccc(C(F)(F)F)c2)c2c1C=CC(C)(C)O2. The van der Waals surface area contributed by atoms with Gasteiger partial charge in [-0.2, -0.15) is 13.2 Å². The molecular formula is C22H19F3O3. The van der Waals surface area contributed by atoms with Crippen LogP contribution >= 0.6 is 0 Å². The lowest BCUT2D eigenvalue weighted by atomic mass is 9.97. The van der Waals surface area contributed by atoms with Crippen LogP contribution in [0.3, 0.4) is 0 Å². The molecular weight excluding hydrogens is 369 g/mol. The van der Waals surface area contributed by atoms with E-state index in [1.54, 1.807) is 12.1 Å². The van der Waals surface area contributed by atoms with Gasteiger partial charge in [0, 0.05) is 0 Å². The van der Waals surface area contributed by atoms with Crippen molar-refractivity contribution < 1.29 is 27.4 Å². The van der Waals surface area contributed by atoms with Crippen LogP contribution in [-0.2, 0) is 6.18 Å². The molecule has 0 bridgehead atoms. The van der Waals surface area contributed by atoms with E-state index < -0.39 is 17.3 Å². The Labute approximate surface area is 161 Å². The van der Waals surface area contributed by atoms with E-state index in [-0.39, 0.29) is 11.3 Å². The Bertz CT molecular complexity index is 969. The Morgan fingerprint density at radius 2 is 1.93 bits per heavy atom. The predicted molar refractivity (Wildman–Crippen MR) is 102 cm³/mol.